The van der Waals surface area contributed by atoms with Crippen molar-refractivity contribution in [1.29, 1.82) is 0 Å². The fourth-order valence-electron chi connectivity index (χ4n) is 4.56. The average molecular weight is 484 g/mol. The van der Waals surface area contributed by atoms with Gasteiger partial charge in [0.25, 0.3) is 0 Å². The molecule has 0 bridgehead atoms. The monoisotopic (exact) mass is 483 g/mol. The second-order valence-corrected chi connectivity index (χ2v) is 9.22. The van der Waals surface area contributed by atoms with E-state index in [2.05, 4.69) is 9.97 Å². The number of fused-ring (bicyclic) bond motifs is 2. The first-order chi connectivity index (χ1) is 15.4. The standard InChI is InChI=1S/C22H21ClF3N3O4/c1-20(2)32-14-15(33-20)19(29-9-8-13-17(23)27-10-28-18(13)29)31-16(14)21(3,30)11-4-6-12(7-5-11)22(24,25)26/h4-10,14-16,19,30H,1-3H3/t14-,15+,16-,19+,21?/m0/s1. The van der Waals surface area contributed by atoms with E-state index in [9.17, 15) is 18.3 Å². The molecule has 1 N–H and O–H groups in total. The molecule has 0 spiro atoms. The zero-order valence-corrected chi connectivity index (χ0v) is 18.6. The number of benzene rings is 1. The fourth-order valence-corrected chi connectivity index (χ4v) is 4.75. The zero-order chi connectivity index (χ0) is 23.8. The van der Waals surface area contributed by atoms with Gasteiger partial charge in [0, 0.05) is 6.20 Å². The summed E-state index contributed by atoms with van der Waals surface area (Å²) in [6.07, 6.45) is -4.40. The molecule has 7 nitrogen and oxygen atoms in total. The van der Waals surface area contributed by atoms with Crippen molar-refractivity contribution in [2.24, 2.45) is 0 Å². The van der Waals surface area contributed by atoms with Crippen molar-refractivity contribution < 1.29 is 32.5 Å². The highest BCUT2D eigenvalue weighted by molar-refractivity contribution is 6.33. The lowest BCUT2D eigenvalue weighted by atomic mass is 9.86. The quantitative estimate of drug-likeness (QED) is 0.555. The molecular formula is C22H21ClF3N3O4. The Kier molecular flexibility index (Phi) is 5.04. The molecule has 3 aromatic rings. The van der Waals surface area contributed by atoms with Gasteiger partial charge in [-0.05, 0) is 44.5 Å². The van der Waals surface area contributed by atoms with E-state index in [1.54, 1.807) is 30.7 Å². The second kappa shape index (κ2) is 7.38. The predicted octanol–water partition coefficient (Wildman–Crippen LogP) is 4.43. The van der Waals surface area contributed by atoms with Crippen LogP contribution in [0.15, 0.2) is 42.9 Å². The van der Waals surface area contributed by atoms with E-state index < -0.39 is 47.7 Å². The highest BCUT2D eigenvalue weighted by Gasteiger charge is 2.60. The van der Waals surface area contributed by atoms with E-state index in [0.717, 1.165) is 12.1 Å². The Hall–Kier alpha value is -2.24. The maximum absolute atomic E-state index is 13.0. The highest BCUT2D eigenvalue weighted by Crippen LogP contribution is 2.49. The number of ether oxygens (including phenoxy) is 3. The third-order valence-corrected chi connectivity index (χ3v) is 6.42. The van der Waals surface area contributed by atoms with Crippen molar-refractivity contribution >= 4 is 22.6 Å². The van der Waals surface area contributed by atoms with E-state index in [1.807, 2.05) is 0 Å². The van der Waals surface area contributed by atoms with E-state index in [4.69, 9.17) is 25.8 Å². The number of halogens is 4. The topological polar surface area (TPSA) is 78.6 Å². The van der Waals surface area contributed by atoms with Gasteiger partial charge in [-0.2, -0.15) is 13.2 Å². The summed E-state index contributed by atoms with van der Waals surface area (Å²) in [6, 6.07) is 6.10. The minimum Gasteiger partial charge on any atom is -0.383 e. The summed E-state index contributed by atoms with van der Waals surface area (Å²) in [5.74, 6) is -0.957. The van der Waals surface area contributed by atoms with Gasteiger partial charge in [-0.1, -0.05) is 23.7 Å². The molecule has 0 saturated carbocycles. The summed E-state index contributed by atoms with van der Waals surface area (Å²) in [5, 5.41) is 12.4. The van der Waals surface area contributed by atoms with Crippen LogP contribution >= 0.6 is 11.6 Å². The molecule has 0 amide bonds. The molecule has 2 aromatic heterocycles. The average Bonchev–Trinajstić information content (AvgIpc) is 3.38. The molecule has 0 radical (unpaired) electrons. The first-order valence-corrected chi connectivity index (χ1v) is 10.6. The van der Waals surface area contributed by atoms with Crippen molar-refractivity contribution in [3.05, 3.63) is 59.1 Å². The van der Waals surface area contributed by atoms with Crippen LogP contribution in [-0.2, 0) is 26.0 Å². The molecule has 5 rings (SSSR count). The third kappa shape index (κ3) is 3.70. The molecule has 2 aliphatic rings. The molecule has 5 atom stereocenters. The van der Waals surface area contributed by atoms with Crippen LogP contribution in [-0.4, -0.2) is 43.7 Å². The fraction of sp³-hybridized carbons (Fsp3) is 0.455. The summed E-state index contributed by atoms with van der Waals surface area (Å²) < 4.78 is 59.2. The second-order valence-electron chi connectivity index (χ2n) is 8.86. The minimum atomic E-state index is -4.48. The Bertz CT molecular complexity index is 1200. The summed E-state index contributed by atoms with van der Waals surface area (Å²) in [4.78, 5) is 8.28. The minimum absolute atomic E-state index is 0.260. The summed E-state index contributed by atoms with van der Waals surface area (Å²) in [7, 11) is 0. The Labute approximate surface area is 192 Å². The maximum atomic E-state index is 13.0. The number of alkyl halides is 3. The molecular weight excluding hydrogens is 463 g/mol. The van der Waals surface area contributed by atoms with Crippen LogP contribution < -0.4 is 0 Å². The zero-order valence-electron chi connectivity index (χ0n) is 17.9. The van der Waals surface area contributed by atoms with Gasteiger partial charge < -0.3 is 23.9 Å². The predicted molar refractivity (Wildman–Crippen MR) is 111 cm³/mol. The SMILES string of the molecule is CC1(C)O[C@@H]2[C@H](O1)[C@@H](C(C)(O)c1ccc(C(F)(F)F)cc1)O[C@H]2n1ccc2c(Cl)ncnc21. The van der Waals surface area contributed by atoms with Crippen LogP contribution in [0.25, 0.3) is 11.0 Å². The number of hydrogen-bond acceptors (Lipinski definition) is 6. The molecule has 2 saturated heterocycles. The molecule has 4 heterocycles. The van der Waals surface area contributed by atoms with Gasteiger partial charge in [0.1, 0.15) is 41.0 Å². The van der Waals surface area contributed by atoms with Crippen LogP contribution in [0.1, 0.15) is 38.1 Å². The number of nitrogens with zero attached hydrogens (tertiary/aromatic N) is 3. The van der Waals surface area contributed by atoms with Crippen molar-refractivity contribution in [1.82, 2.24) is 14.5 Å². The first-order valence-electron chi connectivity index (χ1n) is 10.3. The first kappa shape index (κ1) is 22.5. The summed E-state index contributed by atoms with van der Waals surface area (Å²) in [5.41, 5.74) is -1.71. The van der Waals surface area contributed by atoms with Crippen LogP contribution in [0.3, 0.4) is 0 Å². The van der Waals surface area contributed by atoms with Gasteiger partial charge in [-0.3, -0.25) is 0 Å². The summed E-state index contributed by atoms with van der Waals surface area (Å²) >= 11 is 6.18. The van der Waals surface area contributed by atoms with Crippen LogP contribution in [0.5, 0.6) is 0 Å². The maximum Gasteiger partial charge on any atom is 0.416 e. The highest BCUT2D eigenvalue weighted by atomic mass is 35.5. The lowest BCUT2D eigenvalue weighted by Crippen LogP contribution is -2.45. The molecule has 11 heteroatoms. The summed E-state index contributed by atoms with van der Waals surface area (Å²) in [6.45, 7) is 4.99. The van der Waals surface area contributed by atoms with Gasteiger partial charge in [0.2, 0.25) is 0 Å². The van der Waals surface area contributed by atoms with E-state index in [1.165, 1.54) is 25.4 Å². The molecule has 2 fully saturated rings. The molecule has 2 aliphatic heterocycles. The van der Waals surface area contributed by atoms with Gasteiger partial charge in [0.05, 0.1) is 10.9 Å². The number of aliphatic hydroxyl groups is 1. The third-order valence-electron chi connectivity index (χ3n) is 6.11. The molecule has 176 valence electrons. The van der Waals surface area contributed by atoms with Gasteiger partial charge in [-0.15, -0.1) is 0 Å². The van der Waals surface area contributed by atoms with Crippen LogP contribution in [0, 0.1) is 0 Å². The van der Waals surface area contributed by atoms with Gasteiger partial charge in [0.15, 0.2) is 12.0 Å². The molecule has 1 aromatic carbocycles. The number of rotatable bonds is 3. The Balaban J connectivity index is 1.53. The van der Waals surface area contributed by atoms with Gasteiger partial charge in [-0.25, -0.2) is 9.97 Å². The number of hydrogen-bond donors (Lipinski definition) is 1. The van der Waals surface area contributed by atoms with Crippen LogP contribution in [0.4, 0.5) is 13.2 Å². The number of aromatic nitrogens is 3. The Morgan fingerprint density at radius 1 is 1.03 bits per heavy atom. The van der Waals surface area contributed by atoms with E-state index in [0.29, 0.717) is 11.0 Å². The van der Waals surface area contributed by atoms with Crippen LogP contribution in [0.2, 0.25) is 5.15 Å². The molecule has 33 heavy (non-hydrogen) atoms. The molecule has 1 unspecified atom stereocenters. The molecule has 0 aliphatic carbocycles. The Morgan fingerprint density at radius 2 is 1.67 bits per heavy atom. The lowest BCUT2D eigenvalue weighted by Gasteiger charge is -2.34. The Morgan fingerprint density at radius 3 is 2.33 bits per heavy atom. The van der Waals surface area contributed by atoms with Gasteiger partial charge >= 0.3 is 6.18 Å². The van der Waals surface area contributed by atoms with Crippen molar-refractivity contribution in [3.8, 4) is 0 Å². The van der Waals surface area contributed by atoms with Crippen molar-refractivity contribution in [3.63, 3.8) is 0 Å². The van der Waals surface area contributed by atoms with Crippen molar-refractivity contribution in [2.75, 3.05) is 0 Å². The smallest absolute Gasteiger partial charge is 0.383 e. The largest absolute Gasteiger partial charge is 0.416 e. The van der Waals surface area contributed by atoms with Crippen molar-refractivity contribution in [2.45, 2.75) is 62.9 Å². The van der Waals surface area contributed by atoms with E-state index in [-0.39, 0.29) is 10.7 Å². The van der Waals surface area contributed by atoms with E-state index >= 15 is 0 Å². The normalized spacial score (nSPS) is 28.7. The lowest BCUT2D eigenvalue weighted by molar-refractivity contribution is -0.221.